The molecule has 286 valence electrons. The summed E-state index contributed by atoms with van der Waals surface area (Å²) < 4.78 is 25.3. The minimum Gasteiger partial charge on any atom is -0.507 e. The van der Waals surface area contributed by atoms with Crippen LogP contribution in [0.5, 0.6) is 17.2 Å². The maximum atomic E-state index is 11.6. The number of phenols is 1. The summed E-state index contributed by atoms with van der Waals surface area (Å²) in [6, 6.07) is 20.1. The van der Waals surface area contributed by atoms with Gasteiger partial charge in [-0.25, -0.2) is 14.4 Å². The van der Waals surface area contributed by atoms with Crippen LogP contribution < -0.4 is 39.0 Å². The molecule has 0 radical (unpaired) electrons. The first-order valence-corrected chi connectivity index (χ1v) is 17.4. The number of ether oxygens (including phenoxy) is 5. The summed E-state index contributed by atoms with van der Waals surface area (Å²) in [7, 11) is 0. The number of hydrogen-bond acceptors (Lipinski definition) is 11. The summed E-state index contributed by atoms with van der Waals surface area (Å²) in [6.07, 6.45) is 0. The van der Waals surface area contributed by atoms with E-state index < -0.39 is 11.9 Å². The molecule has 0 aliphatic carbocycles. The Bertz CT molecular complexity index is 1510. The van der Waals surface area contributed by atoms with Gasteiger partial charge in [-0.3, -0.25) is 4.91 Å². The number of para-hydroxylation sites is 3. The fourth-order valence-electron chi connectivity index (χ4n) is 3.18. The Morgan fingerprint density at radius 3 is 1.40 bits per heavy atom. The summed E-state index contributed by atoms with van der Waals surface area (Å²) >= 11 is 6.26. The standard InChI is InChI=1S/C11H13BrO3.C11H13N3O3.C9H10O3.C2H5BrO.CH4.N3.Na/c1-2-14-11(13)9-5-3-4-6-10(9)15-8-7-12;1-2-16-11(15)9-5-3-4-6-10(9)17-8-7-13-14-12;1-2-12-9(11)7-5-3-4-6-8(7)10;3-1-2-4;;1-3-2;/h3-6H,2,7-8H2,1H3;3-6H,2,7-8H2,1H3;3-6,10H,2H2,1H3;4H,1-2H2;1H4;;/q;;;;;-1;+1. The van der Waals surface area contributed by atoms with Crippen molar-refractivity contribution < 1.29 is 77.8 Å². The molecule has 16 nitrogen and oxygen atoms in total. The van der Waals surface area contributed by atoms with E-state index in [1.807, 2.05) is 6.07 Å². The summed E-state index contributed by atoms with van der Waals surface area (Å²) in [4.78, 5) is 38.3. The second-order valence-electron chi connectivity index (χ2n) is 8.51. The second-order valence-corrected chi connectivity index (χ2v) is 10.1. The molecular formula is C34H45Br2N6NaO10. The Morgan fingerprint density at radius 1 is 0.679 bits per heavy atom. The van der Waals surface area contributed by atoms with Gasteiger partial charge in [-0.1, -0.05) is 80.8 Å². The number of carbonyl (C=O) groups is 3. The minimum atomic E-state index is -0.490. The molecule has 0 bridgehead atoms. The van der Waals surface area contributed by atoms with Crippen LogP contribution in [0.3, 0.4) is 0 Å². The van der Waals surface area contributed by atoms with E-state index in [1.54, 1.807) is 75.4 Å². The molecule has 0 heterocycles. The fourth-order valence-corrected chi connectivity index (χ4v) is 3.35. The molecule has 3 aromatic carbocycles. The van der Waals surface area contributed by atoms with Crippen molar-refractivity contribution in [2.24, 2.45) is 5.11 Å². The number of hydrogen-bond donors (Lipinski definition) is 2. The largest absolute Gasteiger partial charge is 1.00 e. The van der Waals surface area contributed by atoms with Gasteiger partial charge in [0.2, 0.25) is 0 Å². The van der Waals surface area contributed by atoms with Crippen LogP contribution in [0.15, 0.2) is 77.9 Å². The van der Waals surface area contributed by atoms with Crippen molar-refractivity contribution in [1.82, 2.24) is 0 Å². The van der Waals surface area contributed by atoms with Gasteiger partial charge in [-0.2, -0.15) is 0 Å². The van der Waals surface area contributed by atoms with E-state index >= 15 is 0 Å². The van der Waals surface area contributed by atoms with Gasteiger partial charge in [0.1, 0.15) is 33.9 Å². The van der Waals surface area contributed by atoms with Crippen molar-refractivity contribution in [2.75, 3.05) is 56.8 Å². The van der Waals surface area contributed by atoms with Crippen molar-refractivity contribution >= 4 is 49.8 Å². The molecule has 0 unspecified atom stereocenters. The van der Waals surface area contributed by atoms with E-state index in [0.717, 1.165) is 5.33 Å². The van der Waals surface area contributed by atoms with Crippen molar-refractivity contribution in [3.05, 3.63) is 116 Å². The van der Waals surface area contributed by atoms with Crippen LogP contribution in [0, 0.1) is 0 Å². The van der Waals surface area contributed by atoms with Crippen LogP contribution in [0.4, 0.5) is 0 Å². The van der Waals surface area contributed by atoms with Crippen LogP contribution in [0.2, 0.25) is 0 Å². The molecule has 0 atom stereocenters. The SMILES string of the molecule is C.CCOC(=O)c1ccccc1O.CCOC(=O)c1ccccc1OCCBr.CCOC(=O)c1ccccc1OCCN=[N+]=[N-].OCCBr.[N-]=[N+]=[N-].[Na+]. The molecule has 0 aliphatic heterocycles. The number of rotatable bonds is 14. The number of nitrogens with zero attached hydrogens (tertiary/aromatic N) is 6. The van der Waals surface area contributed by atoms with Crippen molar-refractivity contribution in [2.45, 2.75) is 28.2 Å². The van der Waals surface area contributed by atoms with Crippen LogP contribution in [0.25, 0.3) is 26.4 Å². The number of halogens is 2. The van der Waals surface area contributed by atoms with Crippen LogP contribution in [0.1, 0.15) is 59.3 Å². The first kappa shape index (κ1) is 55.8. The Balaban J connectivity index is -0.000000309. The number of esters is 3. The van der Waals surface area contributed by atoms with Gasteiger partial charge < -0.3 is 45.0 Å². The Labute approximate surface area is 348 Å². The molecular weight excluding hydrogens is 835 g/mol. The molecule has 19 heteroatoms. The average molecular weight is 881 g/mol. The van der Waals surface area contributed by atoms with E-state index in [-0.39, 0.29) is 74.0 Å². The van der Waals surface area contributed by atoms with Gasteiger partial charge in [0.25, 0.3) is 0 Å². The Hall–Kier alpha value is -3.99. The van der Waals surface area contributed by atoms with Crippen LogP contribution >= 0.6 is 31.9 Å². The summed E-state index contributed by atoms with van der Waals surface area (Å²) in [5, 5.41) is 21.8. The molecule has 53 heavy (non-hydrogen) atoms. The number of aliphatic hydroxyl groups is 1. The Kier molecular flexibility index (Phi) is 41.3. The molecule has 0 aromatic heterocycles. The molecule has 0 fully saturated rings. The summed E-state index contributed by atoms with van der Waals surface area (Å²) in [5.74, 6) is -0.310. The first-order chi connectivity index (χ1) is 24.7. The first-order valence-electron chi connectivity index (χ1n) is 15.1. The van der Waals surface area contributed by atoms with Gasteiger partial charge in [0.05, 0.1) is 46.2 Å². The van der Waals surface area contributed by atoms with Crippen molar-refractivity contribution in [3.8, 4) is 17.2 Å². The number of alkyl halides is 2. The molecule has 2 N–H and O–H groups in total. The Morgan fingerprint density at radius 2 is 1.04 bits per heavy atom. The predicted octanol–water partition coefficient (Wildman–Crippen LogP) is 5.64. The summed E-state index contributed by atoms with van der Waals surface area (Å²) in [5.41, 5.74) is 22.7. The van der Waals surface area contributed by atoms with Crippen molar-refractivity contribution in [3.63, 3.8) is 0 Å². The van der Waals surface area contributed by atoms with Gasteiger partial charge in [0, 0.05) is 15.6 Å². The van der Waals surface area contributed by atoms with E-state index in [1.165, 1.54) is 17.0 Å². The zero-order valence-corrected chi connectivity index (χ0v) is 34.6. The quantitative estimate of drug-likeness (QED) is 0.0295. The van der Waals surface area contributed by atoms with Gasteiger partial charge >= 0.3 is 47.5 Å². The van der Waals surface area contributed by atoms with E-state index in [0.29, 0.717) is 54.4 Å². The average Bonchev–Trinajstić information content (AvgIpc) is 3.14. The number of azide groups is 1. The topological polar surface area (TPSA) is 245 Å². The van der Waals surface area contributed by atoms with E-state index in [2.05, 4.69) is 41.9 Å². The molecule has 0 amide bonds. The number of aromatic hydroxyl groups is 1. The normalized spacial score (nSPS) is 8.57. The molecule has 0 saturated heterocycles. The van der Waals surface area contributed by atoms with Crippen molar-refractivity contribution in [1.29, 1.82) is 0 Å². The third-order valence-electron chi connectivity index (χ3n) is 5.10. The second kappa shape index (κ2) is 39.2. The maximum Gasteiger partial charge on any atom is 1.00 e. The van der Waals surface area contributed by atoms with Gasteiger partial charge in [-0.15, -0.1) is 0 Å². The number of phenolic OH excluding ortho intramolecular Hbond substituents is 1. The monoisotopic (exact) mass is 878 g/mol. The third kappa shape index (κ3) is 27.3. The molecule has 3 aromatic rings. The molecule has 0 spiro atoms. The van der Waals surface area contributed by atoms with Gasteiger partial charge in [0.15, 0.2) is 0 Å². The van der Waals surface area contributed by atoms with Crippen LogP contribution in [-0.2, 0) is 14.2 Å². The number of carbonyl (C=O) groups excluding carboxylic acids is 3. The minimum absolute atomic E-state index is 0. The molecule has 0 aliphatic rings. The maximum absolute atomic E-state index is 11.6. The van der Waals surface area contributed by atoms with E-state index in [9.17, 15) is 19.5 Å². The molecule has 0 saturated carbocycles. The molecule has 3 rings (SSSR count). The van der Waals surface area contributed by atoms with Gasteiger partial charge in [-0.05, 0) is 62.7 Å². The third-order valence-corrected chi connectivity index (χ3v) is 5.77. The zero-order valence-electron chi connectivity index (χ0n) is 29.4. The zero-order chi connectivity index (χ0) is 38.7. The fraction of sp³-hybridized carbons (Fsp3) is 0.382. The number of benzene rings is 3. The predicted molar refractivity (Wildman–Crippen MR) is 205 cm³/mol. The smallest absolute Gasteiger partial charge is 0.507 e. The van der Waals surface area contributed by atoms with Crippen LogP contribution in [-0.4, -0.2) is 85.0 Å². The summed E-state index contributed by atoms with van der Waals surface area (Å²) in [6.45, 7) is 7.43. The van der Waals surface area contributed by atoms with E-state index in [4.69, 9.17) is 45.4 Å². The number of aliphatic hydroxyl groups excluding tert-OH is 1.